The summed E-state index contributed by atoms with van der Waals surface area (Å²) < 4.78 is 20.5. The van der Waals surface area contributed by atoms with Gasteiger partial charge in [-0.3, -0.25) is 4.90 Å². The van der Waals surface area contributed by atoms with E-state index < -0.39 is 0 Å². The quantitative estimate of drug-likeness (QED) is 0.930. The molecule has 18 heavy (non-hydrogen) atoms. The average Bonchev–Trinajstić information content (AvgIpc) is 2.38. The summed E-state index contributed by atoms with van der Waals surface area (Å²) in [5, 5.41) is 0. The maximum Gasteiger partial charge on any atom is 0.129 e. The third kappa shape index (κ3) is 2.74. The van der Waals surface area contributed by atoms with E-state index in [1.807, 2.05) is 12.1 Å². The van der Waals surface area contributed by atoms with Gasteiger partial charge in [0, 0.05) is 23.1 Å². The zero-order valence-corrected chi connectivity index (χ0v) is 12.0. The molecule has 0 spiro atoms. The van der Waals surface area contributed by atoms with E-state index in [0.717, 1.165) is 17.6 Å². The smallest absolute Gasteiger partial charge is 0.129 e. The van der Waals surface area contributed by atoms with Crippen LogP contribution in [0.15, 0.2) is 22.7 Å². The number of hydrogen-bond acceptors (Lipinski definition) is 3. The fourth-order valence-corrected chi connectivity index (χ4v) is 2.81. The molecule has 0 bridgehead atoms. The van der Waals surface area contributed by atoms with E-state index in [2.05, 4.69) is 27.8 Å². The second kappa shape index (κ2) is 6.10. The molecule has 1 saturated heterocycles. The molecule has 1 fully saturated rings. The van der Waals surface area contributed by atoms with Crippen molar-refractivity contribution in [1.29, 1.82) is 0 Å². The summed E-state index contributed by atoms with van der Waals surface area (Å²) >= 11 is 3.28. The van der Waals surface area contributed by atoms with E-state index in [1.165, 1.54) is 6.07 Å². The summed E-state index contributed by atoms with van der Waals surface area (Å²) in [6, 6.07) is 5.06. The third-order valence-electron chi connectivity index (χ3n) is 3.38. The van der Waals surface area contributed by atoms with Gasteiger partial charge in [0.05, 0.1) is 18.8 Å². The number of benzene rings is 1. The second-order valence-electron chi connectivity index (χ2n) is 4.38. The van der Waals surface area contributed by atoms with Crippen molar-refractivity contribution in [1.82, 2.24) is 4.90 Å². The number of hydrogen-bond donors (Lipinski definition) is 1. The maximum absolute atomic E-state index is 14.1. The van der Waals surface area contributed by atoms with Crippen LogP contribution in [0.3, 0.4) is 0 Å². The predicted octanol–water partition coefficient (Wildman–Crippen LogP) is 2.31. The Hall–Kier alpha value is -0.490. The molecule has 2 atom stereocenters. The molecule has 1 aromatic carbocycles. The molecule has 2 unspecified atom stereocenters. The topological polar surface area (TPSA) is 38.5 Å². The van der Waals surface area contributed by atoms with E-state index >= 15 is 0 Å². The highest BCUT2D eigenvalue weighted by Gasteiger charge is 2.33. The van der Waals surface area contributed by atoms with E-state index in [-0.39, 0.29) is 18.0 Å². The Morgan fingerprint density at radius 1 is 1.56 bits per heavy atom. The molecule has 100 valence electrons. The van der Waals surface area contributed by atoms with Gasteiger partial charge in [0.15, 0.2) is 0 Å². The van der Waals surface area contributed by atoms with Crippen LogP contribution >= 0.6 is 15.9 Å². The zero-order chi connectivity index (χ0) is 13.1. The van der Waals surface area contributed by atoms with Gasteiger partial charge in [0.2, 0.25) is 0 Å². The molecule has 0 aromatic heterocycles. The lowest BCUT2D eigenvalue weighted by Gasteiger charge is -2.40. The normalized spacial score (nSPS) is 25.3. The summed E-state index contributed by atoms with van der Waals surface area (Å²) in [6.07, 6.45) is -0.144. The van der Waals surface area contributed by atoms with Crippen molar-refractivity contribution in [3.05, 3.63) is 34.1 Å². The first-order valence-corrected chi connectivity index (χ1v) is 6.97. The molecule has 0 aliphatic carbocycles. The molecule has 1 aliphatic rings. The molecule has 5 heteroatoms. The summed E-state index contributed by atoms with van der Waals surface area (Å²) in [4.78, 5) is 2.22. The molecular formula is C13H18BrFN2O. The number of morpholine rings is 1. The third-order valence-corrected chi connectivity index (χ3v) is 3.87. The number of ether oxygens (including phenoxy) is 1. The van der Waals surface area contributed by atoms with Crippen LogP contribution in [-0.4, -0.2) is 37.2 Å². The minimum Gasteiger partial charge on any atom is -0.374 e. The number of likely N-dealkylation sites (N-methyl/N-ethyl adjacent to an activating group) is 1. The molecule has 0 amide bonds. The second-order valence-corrected chi connectivity index (χ2v) is 5.30. The molecule has 1 aliphatic heterocycles. The van der Waals surface area contributed by atoms with Crippen molar-refractivity contribution >= 4 is 15.9 Å². The Labute approximate surface area is 115 Å². The Bertz CT molecular complexity index is 404. The molecule has 3 nitrogen and oxygen atoms in total. The Morgan fingerprint density at radius 3 is 2.94 bits per heavy atom. The molecule has 2 N–H and O–H groups in total. The lowest BCUT2D eigenvalue weighted by molar-refractivity contribution is -0.0668. The van der Waals surface area contributed by atoms with Crippen molar-refractivity contribution in [2.45, 2.75) is 19.1 Å². The van der Waals surface area contributed by atoms with Crippen LogP contribution in [0.25, 0.3) is 0 Å². The van der Waals surface area contributed by atoms with Gasteiger partial charge >= 0.3 is 0 Å². The number of nitrogens with two attached hydrogens (primary N) is 1. The highest BCUT2D eigenvalue weighted by atomic mass is 79.9. The van der Waals surface area contributed by atoms with Gasteiger partial charge in [-0.15, -0.1) is 0 Å². The predicted molar refractivity (Wildman–Crippen MR) is 72.9 cm³/mol. The first kappa shape index (κ1) is 13.9. The summed E-state index contributed by atoms with van der Waals surface area (Å²) in [7, 11) is 0. The number of halogens is 2. The first-order chi connectivity index (χ1) is 8.67. The van der Waals surface area contributed by atoms with E-state index in [0.29, 0.717) is 18.7 Å². The van der Waals surface area contributed by atoms with Crippen LogP contribution in [0, 0.1) is 5.82 Å². The van der Waals surface area contributed by atoms with Gasteiger partial charge in [-0.1, -0.05) is 28.9 Å². The molecule has 1 heterocycles. The fraction of sp³-hybridized carbons (Fsp3) is 0.538. The van der Waals surface area contributed by atoms with Gasteiger partial charge in [0.1, 0.15) is 5.82 Å². The summed E-state index contributed by atoms with van der Waals surface area (Å²) in [6.45, 7) is 4.80. The highest BCUT2D eigenvalue weighted by Crippen LogP contribution is 2.31. The Kier molecular flexibility index (Phi) is 4.72. The van der Waals surface area contributed by atoms with Gasteiger partial charge in [-0.2, -0.15) is 0 Å². The SMILES string of the molecule is CCN1CCOC(CN)C1c1ccc(Br)cc1F. The fourth-order valence-electron chi connectivity index (χ4n) is 2.48. The van der Waals surface area contributed by atoms with Gasteiger partial charge in [0.25, 0.3) is 0 Å². The van der Waals surface area contributed by atoms with Crippen molar-refractivity contribution in [2.75, 3.05) is 26.2 Å². The lowest BCUT2D eigenvalue weighted by atomic mass is 9.97. The maximum atomic E-state index is 14.1. The molecule has 0 saturated carbocycles. The van der Waals surface area contributed by atoms with Gasteiger partial charge in [-0.25, -0.2) is 4.39 Å². The standard InChI is InChI=1S/C13H18BrFN2O/c1-2-17-5-6-18-12(8-16)13(17)10-4-3-9(14)7-11(10)15/h3-4,7,12-13H,2,5-6,8,16H2,1H3. The molecular weight excluding hydrogens is 299 g/mol. The highest BCUT2D eigenvalue weighted by molar-refractivity contribution is 9.10. The van der Waals surface area contributed by atoms with Gasteiger partial charge < -0.3 is 10.5 Å². The average molecular weight is 317 g/mol. The minimum atomic E-state index is -0.211. The molecule has 0 radical (unpaired) electrons. The van der Waals surface area contributed by atoms with Crippen LogP contribution in [0.2, 0.25) is 0 Å². The van der Waals surface area contributed by atoms with Crippen molar-refractivity contribution < 1.29 is 9.13 Å². The monoisotopic (exact) mass is 316 g/mol. The number of nitrogens with zero attached hydrogens (tertiary/aromatic N) is 1. The van der Waals surface area contributed by atoms with Gasteiger partial charge in [-0.05, 0) is 18.7 Å². The van der Waals surface area contributed by atoms with E-state index in [4.69, 9.17) is 10.5 Å². The van der Waals surface area contributed by atoms with Crippen molar-refractivity contribution in [2.24, 2.45) is 5.73 Å². The van der Waals surface area contributed by atoms with Crippen LogP contribution in [0.4, 0.5) is 4.39 Å². The van der Waals surface area contributed by atoms with E-state index in [9.17, 15) is 4.39 Å². The van der Waals surface area contributed by atoms with Crippen molar-refractivity contribution in [3.8, 4) is 0 Å². The van der Waals surface area contributed by atoms with Crippen LogP contribution in [0.5, 0.6) is 0 Å². The first-order valence-electron chi connectivity index (χ1n) is 6.18. The lowest BCUT2D eigenvalue weighted by Crippen LogP contribution is -2.48. The summed E-state index contributed by atoms with van der Waals surface area (Å²) in [5.41, 5.74) is 6.41. The Balaban J connectivity index is 2.36. The Morgan fingerprint density at radius 2 is 2.33 bits per heavy atom. The minimum absolute atomic E-state index is 0.0955. The molecule has 2 rings (SSSR count). The van der Waals surface area contributed by atoms with E-state index in [1.54, 1.807) is 0 Å². The number of rotatable bonds is 3. The van der Waals surface area contributed by atoms with Crippen LogP contribution in [0.1, 0.15) is 18.5 Å². The van der Waals surface area contributed by atoms with Crippen LogP contribution < -0.4 is 5.73 Å². The van der Waals surface area contributed by atoms with Crippen LogP contribution in [-0.2, 0) is 4.74 Å². The summed E-state index contributed by atoms with van der Waals surface area (Å²) in [5.74, 6) is -0.211. The zero-order valence-electron chi connectivity index (χ0n) is 10.4. The largest absolute Gasteiger partial charge is 0.374 e. The molecule has 1 aromatic rings. The van der Waals surface area contributed by atoms with Crippen molar-refractivity contribution in [3.63, 3.8) is 0 Å².